The Balaban J connectivity index is 1.03. The van der Waals surface area contributed by atoms with E-state index in [0.29, 0.717) is 15.7 Å². The molecule has 1 aromatic carbocycles. The Labute approximate surface area is 536 Å². The van der Waals surface area contributed by atoms with Gasteiger partial charge in [-0.25, -0.2) is 9.78 Å². The summed E-state index contributed by atoms with van der Waals surface area (Å²) in [6, 6.07) is 4.20. The number of amides is 1. The van der Waals surface area contributed by atoms with E-state index in [-0.39, 0.29) is 77.0 Å². The van der Waals surface area contributed by atoms with E-state index in [4.69, 9.17) is 61.7 Å². The number of halogens is 1. The summed E-state index contributed by atoms with van der Waals surface area (Å²) in [5.41, 5.74) is 1.15. The maximum absolute atomic E-state index is 14.5. The van der Waals surface area contributed by atoms with Gasteiger partial charge in [-0.2, -0.15) is 5.48 Å². The summed E-state index contributed by atoms with van der Waals surface area (Å²) in [6.07, 6.45) is -12.4. The second-order valence-electron chi connectivity index (χ2n) is 21.1. The molecule has 0 radical (unpaired) electrons. The third-order valence-electron chi connectivity index (χ3n) is 15.4. The smallest absolute Gasteiger partial charge is 0.411 e. The van der Waals surface area contributed by atoms with Crippen LogP contribution in [0.1, 0.15) is 62.9 Å². The molecule has 0 unspecified atom stereocenters. The van der Waals surface area contributed by atoms with Gasteiger partial charge in [0.25, 0.3) is 0 Å². The molecule has 0 spiro atoms. The van der Waals surface area contributed by atoms with Crippen LogP contribution in [-0.2, 0) is 52.3 Å². The van der Waals surface area contributed by atoms with Gasteiger partial charge in [-0.05, 0) is 97.5 Å². The number of ketones is 1. The normalized spacial score (nSPS) is 34.8. The molecule has 4 aliphatic heterocycles. The fourth-order valence-corrected chi connectivity index (χ4v) is 14.4. The van der Waals surface area contributed by atoms with Gasteiger partial charge in [0.1, 0.15) is 41.6 Å². The van der Waals surface area contributed by atoms with Gasteiger partial charge < -0.3 is 87.7 Å². The summed E-state index contributed by atoms with van der Waals surface area (Å²) < 4.78 is 72.7. The molecule has 8 N–H and O–H groups in total. The molecule has 5 heterocycles. The molecule has 6 aliphatic rings. The fourth-order valence-electron chi connectivity index (χ4n) is 10.9. The average molecular weight is 1400 g/mol. The number of carbonyl (C=O) groups excluding carboxylic acids is 3. The molecule has 1 aromatic heterocycles. The molecule has 19 atom stereocenters. The summed E-state index contributed by atoms with van der Waals surface area (Å²) in [7, 11) is 9.54. The topological polar surface area (TPSA) is 321 Å². The summed E-state index contributed by atoms with van der Waals surface area (Å²) in [6.45, 7) is 9.38. The SMILES string of the molecule is CCN[C@H]1CO[C@@H](O[C@H]2[C@H](O[C@H]3C#C/C=C/C#C[C@]4(O)CC(=O)C(NC(=O)OC)=C3/C4=C\CSSc3ccccn3)O[C@H](C)[C@@H](NO[C@H]3C[C@H](O)[C@H](SC(=O)c4c(C)c(I)c(O[C@@H]5O[C@@H](C)[C@H](O)[C@@H](OC)[C@H]5O)c(OC)c4OC)[C@@H](C)O3)[C@@H]2O)C[C@@H]1OC. The number of hydroxylamine groups is 1. The first-order chi connectivity index (χ1) is 42.2. The van der Waals surface area contributed by atoms with Crippen LogP contribution in [0.4, 0.5) is 4.79 Å². The number of aliphatic hydroxyl groups is 5. The Morgan fingerprint density at radius 2 is 1.64 bits per heavy atom. The predicted octanol–water partition coefficient (Wildman–Crippen LogP) is 3.37. The first-order valence-electron chi connectivity index (χ1n) is 28.3. The summed E-state index contributed by atoms with van der Waals surface area (Å²) in [4.78, 5) is 52.2. The number of hydrogen-bond donors (Lipinski definition) is 8. The summed E-state index contributed by atoms with van der Waals surface area (Å²) in [5.74, 6) is 11.2. The molecule has 2 bridgehead atoms. The van der Waals surface area contributed by atoms with E-state index in [9.17, 15) is 39.9 Å². The molecule has 2 aliphatic carbocycles. The highest BCUT2D eigenvalue weighted by atomic mass is 127. The zero-order valence-corrected chi connectivity index (χ0v) is 54.6. The van der Waals surface area contributed by atoms with Crippen molar-refractivity contribution >= 4 is 72.9 Å². The molecular formula is C59H75IN4O21S3. The number of thioether (sulfide) groups is 1. The van der Waals surface area contributed by atoms with Crippen LogP contribution in [0.3, 0.4) is 0 Å². The largest absolute Gasteiger partial charge is 0.492 e. The van der Waals surface area contributed by atoms with Gasteiger partial charge in [0.2, 0.25) is 17.2 Å². The second kappa shape index (κ2) is 31.9. The van der Waals surface area contributed by atoms with Crippen LogP contribution in [0.25, 0.3) is 0 Å². The number of Topliss-reactive ketones (excluding diaryl/α,β-unsaturated/α-hetero) is 1. The predicted molar refractivity (Wildman–Crippen MR) is 329 cm³/mol. The number of rotatable bonds is 22. The van der Waals surface area contributed by atoms with Crippen molar-refractivity contribution in [1.29, 1.82) is 0 Å². The van der Waals surface area contributed by atoms with Gasteiger partial charge in [-0.1, -0.05) is 65.3 Å². The van der Waals surface area contributed by atoms with Crippen molar-refractivity contribution in [3.8, 4) is 40.9 Å². The van der Waals surface area contributed by atoms with E-state index < -0.39 is 127 Å². The second-order valence-corrected chi connectivity index (χ2v) is 25.7. The van der Waals surface area contributed by atoms with Crippen LogP contribution in [0, 0.1) is 34.2 Å². The maximum Gasteiger partial charge on any atom is 0.411 e. The molecular weight excluding hydrogens is 1320 g/mol. The van der Waals surface area contributed by atoms with Crippen molar-refractivity contribution in [1.82, 2.24) is 21.1 Å². The molecule has 29 heteroatoms. The van der Waals surface area contributed by atoms with Crippen molar-refractivity contribution in [3.63, 3.8) is 0 Å². The third kappa shape index (κ3) is 16.0. The van der Waals surface area contributed by atoms with E-state index in [1.54, 1.807) is 53.1 Å². The van der Waals surface area contributed by atoms with E-state index >= 15 is 0 Å². The van der Waals surface area contributed by atoms with Crippen molar-refractivity contribution in [2.24, 2.45) is 0 Å². The molecule has 4 saturated heterocycles. The number of fused-ring (bicyclic) bond motifs is 2. The van der Waals surface area contributed by atoms with Gasteiger partial charge in [-0.15, -0.1) is 0 Å². The molecule has 482 valence electrons. The minimum absolute atomic E-state index is 0.0231. The number of alkyl carbamates (subject to hydrolysis) is 1. The van der Waals surface area contributed by atoms with Crippen LogP contribution in [0.5, 0.6) is 17.2 Å². The first kappa shape index (κ1) is 69.7. The average Bonchev–Trinajstić information content (AvgIpc) is 2.97. The molecule has 8 rings (SSSR count). The van der Waals surface area contributed by atoms with Crippen LogP contribution in [0.15, 0.2) is 64.5 Å². The van der Waals surface area contributed by atoms with E-state index in [0.717, 1.165) is 23.9 Å². The van der Waals surface area contributed by atoms with Crippen molar-refractivity contribution in [2.45, 2.75) is 174 Å². The monoisotopic (exact) mass is 1400 g/mol. The van der Waals surface area contributed by atoms with Gasteiger partial charge in [0.05, 0.1) is 97.0 Å². The highest BCUT2D eigenvalue weighted by molar-refractivity contribution is 14.1. The number of likely N-dealkylation sites (N-methyl/N-ethyl adjacent to an activating group) is 1. The van der Waals surface area contributed by atoms with E-state index in [2.05, 4.69) is 44.8 Å². The van der Waals surface area contributed by atoms with Crippen LogP contribution in [-0.4, -0.2) is 217 Å². The lowest BCUT2D eigenvalue weighted by atomic mass is 9.75. The minimum atomic E-state index is -2.10. The number of ether oxygens (including phenoxy) is 12. The van der Waals surface area contributed by atoms with E-state index in [1.165, 1.54) is 55.1 Å². The van der Waals surface area contributed by atoms with Gasteiger partial charge in [-0.3, -0.25) is 19.7 Å². The molecule has 0 saturated carbocycles. The van der Waals surface area contributed by atoms with E-state index in [1.807, 2.05) is 41.6 Å². The van der Waals surface area contributed by atoms with Crippen LogP contribution in [0.2, 0.25) is 0 Å². The quantitative estimate of drug-likeness (QED) is 0.0275. The molecule has 2 aromatic rings. The highest BCUT2D eigenvalue weighted by Crippen LogP contribution is 2.49. The third-order valence-corrected chi connectivity index (χ3v) is 20.2. The number of carbonyl (C=O) groups is 3. The minimum Gasteiger partial charge on any atom is -0.492 e. The number of aliphatic hydroxyl groups excluding tert-OH is 4. The van der Waals surface area contributed by atoms with Crippen LogP contribution >= 0.6 is 55.9 Å². The zero-order chi connectivity index (χ0) is 63.6. The maximum atomic E-state index is 14.5. The van der Waals surface area contributed by atoms with Crippen molar-refractivity contribution in [2.75, 3.05) is 54.5 Å². The highest BCUT2D eigenvalue weighted by Gasteiger charge is 2.52. The molecule has 25 nitrogen and oxygen atoms in total. The van der Waals surface area contributed by atoms with Crippen molar-refractivity contribution < 1.29 is 102 Å². The first-order valence-corrected chi connectivity index (χ1v) is 32.6. The Bertz CT molecular complexity index is 3010. The lowest BCUT2D eigenvalue weighted by Gasteiger charge is -2.46. The Morgan fingerprint density at radius 1 is 0.886 bits per heavy atom. The van der Waals surface area contributed by atoms with Crippen molar-refractivity contribution in [3.05, 3.63) is 74.2 Å². The lowest BCUT2D eigenvalue weighted by molar-refractivity contribution is -0.336. The molecule has 4 fully saturated rings. The Hall–Kier alpha value is -4.14. The van der Waals surface area contributed by atoms with Gasteiger partial charge in [0.15, 0.2) is 41.8 Å². The Morgan fingerprint density at radius 3 is 2.32 bits per heavy atom. The number of nitrogens with zero attached hydrogens (tertiary/aromatic N) is 1. The summed E-state index contributed by atoms with van der Waals surface area (Å²) in [5, 5.41) is 63.7. The number of hydrogen-bond acceptors (Lipinski definition) is 27. The standard InChI is InChI=1S/C59H75IN4O21S3/c1-11-61-33-27-78-39(25-37(33)73-6)83-52-47(68)44(29(3)80-57(52)82-36-18-14-12-13-16-21-59(72)26-35(66)45(63-58(71)77-10)42(36)32(59)20-23-86-88-38-19-15-17-22-62-38)64-85-40-24-34(65)54(31(5)79-40)87-55(70)41-28(2)43(60)50(53(76-9)49(41)74-7)84-56-48(69)51(75-8)46(67)30(4)81-56/h12-13,15,17,19-20,22,29-31,33-34,36-37,39-40,44,46-48,51-52,54,56-57,61,64-65,67-69,72H,11,23-27H2,1-10H3,(H,63,71)/b13-12+,32-20+/t29-,30+,31-,33+,34+,36+,37+,39+,40+,44-,46+,47+,48-,51-,52-,54-,56+,57+,59+/m1/s1. The lowest BCUT2D eigenvalue weighted by Crippen LogP contribution is -2.65. The number of methoxy groups -OCH3 is 5. The molecule has 88 heavy (non-hydrogen) atoms. The Kier molecular flexibility index (Phi) is 25.3. The number of pyridine rings is 1. The van der Waals surface area contributed by atoms with Gasteiger partial charge in [0, 0.05) is 50.2 Å². The van der Waals surface area contributed by atoms with Gasteiger partial charge >= 0.3 is 6.09 Å². The number of allylic oxidation sites excluding steroid dienone is 3. The fraction of sp³-hybridized carbons (Fsp3) is 0.593. The number of benzene rings is 1. The van der Waals surface area contributed by atoms with Crippen LogP contribution < -0.4 is 30.3 Å². The number of aromatic nitrogens is 1. The molecule has 1 amide bonds. The zero-order valence-electron chi connectivity index (χ0n) is 50.0. The summed E-state index contributed by atoms with van der Waals surface area (Å²) >= 11 is 2.82. The number of nitrogens with one attached hydrogen (secondary N) is 3.